The Morgan fingerprint density at radius 3 is 2.93 bits per heavy atom. The third kappa shape index (κ3) is 4.42. The van der Waals surface area contributed by atoms with Crippen LogP contribution in [0.2, 0.25) is 0 Å². The van der Waals surface area contributed by atoms with Gasteiger partial charge in [-0.05, 0) is 33.1 Å². The van der Waals surface area contributed by atoms with Gasteiger partial charge in [0, 0.05) is 6.04 Å². The highest BCUT2D eigenvalue weighted by Crippen LogP contribution is 2.10. The van der Waals surface area contributed by atoms with Crippen molar-refractivity contribution in [3.05, 3.63) is 12.2 Å². The lowest BCUT2D eigenvalue weighted by molar-refractivity contribution is -0.127. The van der Waals surface area contributed by atoms with E-state index in [9.17, 15) is 4.79 Å². The van der Waals surface area contributed by atoms with Crippen LogP contribution in [0.5, 0.6) is 0 Å². The van der Waals surface area contributed by atoms with E-state index in [1.165, 1.54) is 0 Å². The Bertz CT molecular complexity index is 211. The van der Waals surface area contributed by atoms with E-state index in [0.29, 0.717) is 6.04 Å². The maximum Gasteiger partial charge on any atom is 0.246 e. The number of nitrogens with one attached hydrogen (secondary N) is 1. The normalized spacial score (nSPS) is 21.2. The van der Waals surface area contributed by atoms with Gasteiger partial charge in [-0.1, -0.05) is 12.2 Å². The molecule has 1 aliphatic rings. The number of hydrogen-bond acceptors (Lipinski definition) is 2. The maximum absolute atomic E-state index is 11.4. The first-order chi connectivity index (χ1) is 6.68. The van der Waals surface area contributed by atoms with Crippen LogP contribution in [-0.4, -0.2) is 24.7 Å². The van der Waals surface area contributed by atoms with Crippen molar-refractivity contribution in [1.29, 1.82) is 0 Å². The lowest BCUT2D eigenvalue weighted by Crippen LogP contribution is -2.38. The van der Waals surface area contributed by atoms with Gasteiger partial charge in [-0.15, -0.1) is 0 Å². The molecule has 1 amide bonds. The van der Waals surface area contributed by atoms with Crippen molar-refractivity contribution in [1.82, 2.24) is 5.32 Å². The summed E-state index contributed by atoms with van der Waals surface area (Å²) in [5, 5.41) is 2.96. The number of carbonyl (C=O) groups excluding carboxylic acids is 1. The number of allylic oxidation sites excluding steroid dienone is 1. The Kier molecular flexibility index (Phi) is 4.66. The van der Waals surface area contributed by atoms with E-state index in [1.807, 2.05) is 13.8 Å². The Morgan fingerprint density at radius 1 is 1.57 bits per heavy atom. The van der Waals surface area contributed by atoms with E-state index < -0.39 is 0 Å². The first kappa shape index (κ1) is 11.2. The van der Waals surface area contributed by atoms with Crippen molar-refractivity contribution >= 4 is 5.91 Å². The Balaban J connectivity index is 2.16. The third-order valence-corrected chi connectivity index (χ3v) is 2.18. The molecule has 0 heterocycles. The van der Waals surface area contributed by atoms with Crippen LogP contribution in [-0.2, 0) is 9.53 Å². The molecule has 1 atom stereocenters. The molecule has 0 spiro atoms. The minimum Gasteiger partial charge on any atom is -0.369 e. The first-order valence-corrected chi connectivity index (χ1v) is 5.24. The smallest absolute Gasteiger partial charge is 0.246 e. The summed E-state index contributed by atoms with van der Waals surface area (Å²) in [6.45, 7) is 4.03. The summed E-state index contributed by atoms with van der Waals surface area (Å²) in [5.41, 5.74) is 0. The van der Waals surface area contributed by atoms with Crippen molar-refractivity contribution in [2.24, 2.45) is 0 Å². The van der Waals surface area contributed by atoms with Crippen LogP contribution < -0.4 is 5.32 Å². The second-order valence-electron chi connectivity index (χ2n) is 3.91. The quantitative estimate of drug-likeness (QED) is 0.696. The second-order valence-corrected chi connectivity index (χ2v) is 3.91. The molecular weight excluding hydrogens is 178 g/mol. The Hall–Kier alpha value is -0.830. The van der Waals surface area contributed by atoms with Gasteiger partial charge in [0.2, 0.25) is 5.91 Å². The number of hydrogen-bond donors (Lipinski definition) is 1. The topological polar surface area (TPSA) is 38.3 Å². The summed E-state index contributed by atoms with van der Waals surface area (Å²) in [4.78, 5) is 11.4. The van der Waals surface area contributed by atoms with E-state index in [1.54, 1.807) is 0 Å². The Labute approximate surface area is 85.5 Å². The highest BCUT2D eigenvalue weighted by atomic mass is 16.5. The predicted molar refractivity (Wildman–Crippen MR) is 56.0 cm³/mol. The summed E-state index contributed by atoms with van der Waals surface area (Å²) < 4.78 is 5.22. The molecule has 3 heteroatoms. The number of carbonyl (C=O) groups is 1. The molecule has 1 aliphatic carbocycles. The van der Waals surface area contributed by atoms with Gasteiger partial charge in [-0.25, -0.2) is 0 Å². The van der Waals surface area contributed by atoms with Gasteiger partial charge in [0.05, 0.1) is 6.10 Å². The van der Waals surface area contributed by atoms with Crippen molar-refractivity contribution in [2.45, 2.75) is 45.3 Å². The molecule has 0 saturated heterocycles. The molecule has 0 radical (unpaired) electrons. The first-order valence-electron chi connectivity index (χ1n) is 5.24. The average Bonchev–Trinajstić information content (AvgIpc) is 2.16. The van der Waals surface area contributed by atoms with Crippen LogP contribution in [0.4, 0.5) is 0 Å². The van der Waals surface area contributed by atoms with Gasteiger partial charge in [0.15, 0.2) is 0 Å². The van der Waals surface area contributed by atoms with Crippen LogP contribution in [0.1, 0.15) is 33.1 Å². The molecule has 0 bridgehead atoms. The molecule has 0 aromatic rings. The molecule has 3 nitrogen and oxygen atoms in total. The van der Waals surface area contributed by atoms with E-state index in [-0.39, 0.29) is 18.6 Å². The third-order valence-electron chi connectivity index (χ3n) is 2.18. The highest BCUT2D eigenvalue weighted by molar-refractivity contribution is 5.77. The minimum atomic E-state index is -0.000926. The largest absolute Gasteiger partial charge is 0.369 e. The summed E-state index contributed by atoms with van der Waals surface area (Å²) in [6.07, 6.45) is 7.46. The van der Waals surface area contributed by atoms with Crippen LogP contribution in [0.25, 0.3) is 0 Å². The fraction of sp³-hybridized carbons (Fsp3) is 0.727. The van der Waals surface area contributed by atoms with Crippen molar-refractivity contribution in [3.63, 3.8) is 0 Å². The zero-order chi connectivity index (χ0) is 10.4. The van der Waals surface area contributed by atoms with Crippen LogP contribution in [0, 0.1) is 0 Å². The molecular formula is C11H19NO2. The second kappa shape index (κ2) is 5.81. The zero-order valence-corrected chi connectivity index (χ0v) is 8.95. The maximum atomic E-state index is 11.4. The SMILES string of the molecule is CC(C)OCC(=O)NC1CC=CCC1. The minimum absolute atomic E-state index is 0.000926. The number of ether oxygens (including phenoxy) is 1. The van der Waals surface area contributed by atoms with Crippen molar-refractivity contribution < 1.29 is 9.53 Å². The van der Waals surface area contributed by atoms with Crippen molar-refractivity contribution in [2.75, 3.05) is 6.61 Å². The van der Waals surface area contributed by atoms with E-state index in [2.05, 4.69) is 17.5 Å². The molecule has 0 saturated carbocycles. The zero-order valence-electron chi connectivity index (χ0n) is 8.95. The van der Waals surface area contributed by atoms with Crippen LogP contribution >= 0.6 is 0 Å². The average molecular weight is 197 g/mol. The van der Waals surface area contributed by atoms with E-state index >= 15 is 0 Å². The standard InChI is InChI=1S/C11H19NO2/c1-9(2)14-8-11(13)12-10-6-4-3-5-7-10/h3-4,9-10H,5-8H2,1-2H3,(H,12,13). The summed E-state index contributed by atoms with van der Waals surface area (Å²) in [6, 6.07) is 0.309. The summed E-state index contributed by atoms with van der Waals surface area (Å²) >= 11 is 0. The van der Waals surface area contributed by atoms with Crippen LogP contribution in [0.15, 0.2) is 12.2 Å². The van der Waals surface area contributed by atoms with Crippen molar-refractivity contribution in [3.8, 4) is 0 Å². The van der Waals surface area contributed by atoms with Gasteiger partial charge in [-0.2, -0.15) is 0 Å². The monoisotopic (exact) mass is 197 g/mol. The highest BCUT2D eigenvalue weighted by Gasteiger charge is 2.12. The van der Waals surface area contributed by atoms with Gasteiger partial charge in [0.1, 0.15) is 6.61 Å². The van der Waals surface area contributed by atoms with E-state index in [4.69, 9.17) is 4.74 Å². The van der Waals surface area contributed by atoms with Gasteiger partial charge in [-0.3, -0.25) is 4.79 Å². The fourth-order valence-electron chi connectivity index (χ4n) is 1.44. The van der Waals surface area contributed by atoms with Gasteiger partial charge in [0.25, 0.3) is 0 Å². The lowest BCUT2D eigenvalue weighted by atomic mass is 10.0. The number of rotatable bonds is 4. The Morgan fingerprint density at radius 2 is 2.36 bits per heavy atom. The molecule has 0 fully saturated rings. The molecule has 14 heavy (non-hydrogen) atoms. The molecule has 1 N–H and O–H groups in total. The van der Waals surface area contributed by atoms with Gasteiger partial charge >= 0.3 is 0 Å². The lowest BCUT2D eigenvalue weighted by Gasteiger charge is -2.19. The van der Waals surface area contributed by atoms with E-state index in [0.717, 1.165) is 19.3 Å². The predicted octanol–water partition coefficient (Wildman–Crippen LogP) is 1.64. The summed E-state index contributed by atoms with van der Waals surface area (Å²) in [7, 11) is 0. The molecule has 0 aliphatic heterocycles. The molecule has 0 aromatic carbocycles. The summed E-state index contributed by atoms with van der Waals surface area (Å²) in [5.74, 6) is -0.000926. The van der Waals surface area contributed by atoms with Crippen LogP contribution in [0.3, 0.4) is 0 Å². The molecule has 0 aromatic heterocycles. The molecule has 1 rings (SSSR count). The number of amides is 1. The molecule has 1 unspecified atom stereocenters. The molecule has 80 valence electrons. The fourth-order valence-corrected chi connectivity index (χ4v) is 1.44. The van der Waals surface area contributed by atoms with Gasteiger partial charge < -0.3 is 10.1 Å².